The quantitative estimate of drug-likeness (QED) is 0.897. The molecule has 3 rings (SSSR count). The molecule has 1 atom stereocenters. The first-order valence-corrected chi connectivity index (χ1v) is 7.51. The SMILES string of the molecule is Cc1cccc(OC(F)F)c1NC(=O)N[C@H]1CCc2ncnn2C1. The number of carbonyl (C=O) groups excluding carboxylic acids is 1. The van der Waals surface area contributed by atoms with Gasteiger partial charge in [0, 0.05) is 6.42 Å². The van der Waals surface area contributed by atoms with Crippen LogP contribution in [0.15, 0.2) is 24.5 Å². The third-order valence-electron chi connectivity index (χ3n) is 3.83. The van der Waals surface area contributed by atoms with Crippen molar-refractivity contribution in [2.75, 3.05) is 5.32 Å². The van der Waals surface area contributed by atoms with Gasteiger partial charge in [-0.1, -0.05) is 12.1 Å². The van der Waals surface area contributed by atoms with E-state index in [1.54, 1.807) is 23.7 Å². The maximum atomic E-state index is 12.5. The highest BCUT2D eigenvalue weighted by atomic mass is 19.3. The van der Waals surface area contributed by atoms with Gasteiger partial charge in [0.1, 0.15) is 17.9 Å². The van der Waals surface area contributed by atoms with E-state index >= 15 is 0 Å². The zero-order chi connectivity index (χ0) is 17.1. The lowest BCUT2D eigenvalue weighted by atomic mass is 10.1. The van der Waals surface area contributed by atoms with Crippen molar-refractivity contribution in [2.24, 2.45) is 0 Å². The number of ether oxygens (including phenoxy) is 1. The van der Waals surface area contributed by atoms with E-state index in [2.05, 4.69) is 25.5 Å². The smallest absolute Gasteiger partial charge is 0.387 e. The van der Waals surface area contributed by atoms with E-state index in [0.717, 1.165) is 18.7 Å². The number of nitrogens with zero attached hydrogens (tertiary/aromatic N) is 3. The van der Waals surface area contributed by atoms with Crippen LogP contribution in [0.1, 0.15) is 17.8 Å². The molecule has 0 saturated heterocycles. The second-order valence-corrected chi connectivity index (χ2v) is 5.52. The Morgan fingerprint density at radius 2 is 2.29 bits per heavy atom. The molecule has 2 N–H and O–H groups in total. The number of alkyl halides is 2. The monoisotopic (exact) mass is 337 g/mol. The number of halogens is 2. The number of amides is 2. The molecule has 1 aliphatic heterocycles. The Labute approximate surface area is 137 Å². The fourth-order valence-corrected chi connectivity index (χ4v) is 2.69. The molecule has 2 amide bonds. The average molecular weight is 337 g/mol. The largest absolute Gasteiger partial charge is 0.433 e. The van der Waals surface area contributed by atoms with Crippen molar-refractivity contribution in [3.05, 3.63) is 35.9 Å². The van der Waals surface area contributed by atoms with Gasteiger partial charge in [-0.25, -0.2) is 14.5 Å². The molecule has 1 aromatic carbocycles. The normalized spacial score (nSPS) is 16.6. The van der Waals surface area contributed by atoms with Gasteiger partial charge in [-0.2, -0.15) is 13.9 Å². The number of hydrogen-bond donors (Lipinski definition) is 2. The number of anilines is 1. The number of fused-ring (bicyclic) bond motifs is 1. The van der Waals surface area contributed by atoms with Gasteiger partial charge in [0.05, 0.1) is 18.3 Å². The summed E-state index contributed by atoms with van der Waals surface area (Å²) in [7, 11) is 0. The Balaban J connectivity index is 1.65. The van der Waals surface area contributed by atoms with Crippen LogP contribution >= 0.6 is 0 Å². The van der Waals surface area contributed by atoms with Crippen molar-refractivity contribution in [2.45, 2.75) is 39.0 Å². The third kappa shape index (κ3) is 3.61. The lowest BCUT2D eigenvalue weighted by Gasteiger charge is -2.24. The number of aryl methyl sites for hydroxylation is 2. The average Bonchev–Trinajstić information content (AvgIpc) is 2.98. The van der Waals surface area contributed by atoms with E-state index in [1.165, 1.54) is 12.4 Å². The molecular weight excluding hydrogens is 320 g/mol. The zero-order valence-electron chi connectivity index (χ0n) is 13.0. The van der Waals surface area contributed by atoms with E-state index in [4.69, 9.17) is 0 Å². The zero-order valence-corrected chi connectivity index (χ0v) is 13.0. The summed E-state index contributed by atoms with van der Waals surface area (Å²) in [5, 5.41) is 9.51. The Morgan fingerprint density at radius 1 is 1.46 bits per heavy atom. The molecule has 0 bridgehead atoms. The van der Waals surface area contributed by atoms with Crippen LogP contribution in [0.4, 0.5) is 19.3 Å². The number of benzene rings is 1. The highest BCUT2D eigenvalue weighted by Crippen LogP contribution is 2.29. The van der Waals surface area contributed by atoms with Crippen molar-refractivity contribution in [3.8, 4) is 5.75 Å². The molecule has 0 unspecified atom stereocenters. The molecule has 1 aliphatic rings. The maximum Gasteiger partial charge on any atom is 0.387 e. The van der Waals surface area contributed by atoms with Crippen LogP contribution < -0.4 is 15.4 Å². The molecule has 0 radical (unpaired) electrons. The Bertz CT molecular complexity index is 734. The third-order valence-corrected chi connectivity index (χ3v) is 3.83. The first-order valence-electron chi connectivity index (χ1n) is 7.51. The molecule has 2 heterocycles. The molecule has 0 saturated carbocycles. The second kappa shape index (κ2) is 6.81. The summed E-state index contributed by atoms with van der Waals surface area (Å²) in [4.78, 5) is 16.3. The van der Waals surface area contributed by atoms with Crippen LogP contribution in [0.3, 0.4) is 0 Å². The lowest BCUT2D eigenvalue weighted by molar-refractivity contribution is -0.0493. The molecule has 0 aliphatic carbocycles. The van der Waals surface area contributed by atoms with Crippen LogP contribution in [0.2, 0.25) is 0 Å². The van der Waals surface area contributed by atoms with Gasteiger partial charge < -0.3 is 15.4 Å². The summed E-state index contributed by atoms with van der Waals surface area (Å²) in [6.45, 7) is -0.729. The summed E-state index contributed by atoms with van der Waals surface area (Å²) in [6.07, 6.45) is 2.94. The van der Waals surface area contributed by atoms with Crippen molar-refractivity contribution in [3.63, 3.8) is 0 Å². The van der Waals surface area contributed by atoms with Crippen LogP contribution in [-0.4, -0.2) is 33.4 Å². The van der Waals surface area contributed by atoms with Gasteiger partial charge in [-0.3, -0.25) is 0 Å². The van der Waals surface area contributed by atoms with E-state index in [0.29, 0.717) is 12.1 Å². The van der Waals surface area contributed by atoms with Crippen molar-refractivity contribution in [1.82, 2.24) is 20.1 Å². The Hall–Kier alpha value is -2.71. The Kier molecular flexibility index (Phi) is 4.59. The van der Waals surface area contributed by atoms with Gasteiger partial charge in [-0.15, -0.1) is 0 Å². The molecule has 9 heteroatoms. The topological polar surface area (TPSA) is 81.1 Å². The van der Waals surface area contributed by atoms with Gasteiger partial charge >= 0.3 is 12.6 Å². The number of aromatic nitrogens is 3. The second-order valence-electron chi connectivity index (χ2n) is 5.52. The summed E-state index contributed by atoms with van der Waals surface area (Å²) in [6, 6.07) is 4.09. The molecule has 0 fully saturated rings. The fraction of sp³-hybridized carbons (Fsp3) is 0.400. The molecule has 2 aromatic rings. The van der Waals surface area contributed by atoms with Crippen LogP contribution in [0, 0.1) is 6.92 Å². The molecule has 0 spiro atoms. The van der Waals surface area contributed by atoms with Crippen LogP contribution in [0.25, 0.3) is 0 Å². The number of urea groups is 1. The summed E-state index contributed by atoms with van der Waals surface area (Å²) in [5.41, 5.74) is 0.859. The minimum absolute atomic E-state index is 0.0673. The first-order chi connectivity index (χ1) is 11.5. The van der Waals surface area contributed by atoms with Gasteiger partial charge in [0.25, 0.3) is 0 Å². The standard InChI is InChI=1S/C15H17F2N5O2/c1-9-3-2-4-11(24-14(16)17)13(9)21-15(23)20-10-5-6-12-18-8-19-22(12)7-10/h2-4,8,10,14H,5-7H2,1H3,(H2,20,21,23)/t10-/m0/s1. The van der Waals surface area contributed by atoms with Crippen LogP contribution in [-0.2, 0) is 13.0 Å². The van der Waals surface area contributed by atoms with Gasteiger partial charge in [0.15, 0.2) is 0 Å². The van der Waals surface area contributed by atoms with Crippen molar-refractivity contribution < 1.29 is 18.3 Å². The van der Waals surface area contributed by atoms with E-state index in [1.807, 2.05) is 0 Å². The number of hydrogen-bond acceptors (Lipinski definition) is 4. The molecule has 24 heavy (non-hydrogen) atoms. The lowest BCUT2D eigenvalue weighted by Crippen LogP contribution is -2.43. The summed E-state index contributed by atoms with van der Waals surface area (Å²) >= 11 is 0. The van der Waals surface area contributed by atoms with Crippen molar-refractivity contribution in [1.29, 1.82) is 0 Å². The molecule has 1 aromatic heterocycles. The number of carbonyl (C=O) groups is 1. The number of rotatable bonds is 4. The molecule has 7 nitrogen and oxygen atoms in total. The predicted octanol–water partition coefficient (Wildman–Crippen LogP) is 2.32. The molecule has 128 valence electrons. The van der Waals surface area contributed by atoms with Crippen LogP contribution in [0.5, 0.6) is 5.75 Å². The summed E-state index contributed by atoms with van der Waals surface area (Å²) in [5.74, 6) is 0.822. The first kappa shape index (κ1) is 16.2. The van der Waals surface area contributed by atoms with E-state index < -0.39 is 12.6 Å². The predicted molar refractivity (Wildman–Crippen MR) is 82.1 cm³/mol. The van der Waals surface area contributed by atoms with Gasteiger partial charge in [0.2, 0.25) is 0 Å². The molecular formula is C15H17F2N5O2. The van der Waals surface area contributed by atoms with E-state index in [9.17, 15) is 13.6 Å². The Morgan fingerprint density at radius 3 is 3.08 bits per heavy atom. The number of para-hydroxylation sites is 1. The van der Waals surface area contributed by atoms with E-state index in [-0.39, 0.29) is 17.5 Å². The minimum Gasteiger partial charge on any atom is -0.433 e. The highest BCUT2D eigenvalue weighted by Gasteiger charge is 2.22. The maximum absolute atomic E-state index is 12.5. The summed E-state index contributed by atoms with van der Waals surface area (Å²) < 4.78 is 31.2. The number of nitrogens with one attached hydrogen (secondary N) is 2. The van der Waals surface area contributed by atoms with Gasteiger partial charge in [-0.05, 0) is 25.0 Å². The highest BCUT2D eigenvalue weighted by molar-refractivity contribution is 5.92. The fourth-order valence-electron chi connectivity index (χ4n) is 2.69. The minimum atomic E-state index is -2.96. The van der Waals surface area contributed by atoms with Crippen molar-refractivity contribution >= 4 is 11.7 Å².